The van der Waals surface area contributed by atoms with Gasteiger partial charge in [0.2, 0.25) is 5.91 Å². The van der Waals surface area contributed by atoms with E-state index in [-0.39, 0.29) is 28.9 Å². The van der Waals surface area contributed by atoms with Crippen LogP contribution in [0.2, 0.25) is 0 Å². The minimum absolute atomic E-state index is 0.0402. The molecule has 0 aliphatic heterocycles. The number of hydrogen-bond acceptors (Lipinski definition) is 5. The Kier molecular flexibility index (Phi) is 9.03. The van der Waals surface area contributed by atoms with Crippen LogP contribution in [0.4, 0.5) is 29.3 Å². The van der Waals surface area contributed by atoms with E-state index in [9.17, 15) is 27.6 Å². The van der Waals surface area contributed by atoms with E-state index >= 15 is 0 Å². The lowest BCUT2D eigenvalue weighted by molar-refractivity contribution is -0.138. The molecule has 1 fully saturated rings. The predicted octanol–water partition coefficient (Wildman–Crippen LogP) is 8.16. The van der Waals surface area contributed by atoms with Crippen LogP contribution < -0.4 is 10.6 Å². The molecule has 0 unspecified atom stereocenters. The van der Waals surface area contributed by atoms with E-state index < -0.39 is 41.5 Å². The second-order valence-electron chi connectivity index (χ2n) is 11.4. The summed E-state index contributed by atoms with van der Waals surface area (Å²) < 4.78 is 46.9. The van der Waals surface area contributed by atoms with Gasteiger partial charge in [0.25, 0.3) is 0 Å². The van der Waals surface area contributed by atoms with Gasteiger partial charge >= 0.3 is 12.3 Å². The number of carbonyl (C=O) groups excluding carboxylic acids is 3. The van der Waals surface area contributed by atoms with Gasteiger partial charge in [-0.2, -0.15) is 13.2 Å². The third-order valence-corrected chi connectivity index (χ3v) is 6.60. The highest BCUT2D eigenvalue weighted by atomic mass is 19.4. The van der Waals surface area contributed by atoms with Gasteiger partial charge in [-0.1, -0.05) is 37.6 Å². The van der Waals surface area contributed by atoms with Crippen molar-refractivity contribution in [3.05, 3.63) is 77.1 Å². The van der Waals surface area contributed by atoms with Crippen LogP contribution in [0.5, 0.6) is 0 Å². The van der Waals surface area contributed by atoms with E-state index in [4.69, 9.17) is 4.74 Å². The summed E-state index contributed by atoms with van der Waals surface area (Å²) in [6.45, 7) is 6.66. The van der Waals surface area contributed by atoms with E-state index in [2.05, 4.69) is 15.6 Å². The average molecular weight is 582 g/mol. The molecule has 7 nitrogen and oxygen atoms in total. The lowest BCUT2D eigenvalue weighted by Gasteiger charge is -2.22. The maximum Gasteiger partial charge on any atom is 0.416 e. The molecular weight excluding hydrogens is 547 g/mol. The maximum atomic E-state index is 13.9. The molecule has 0 saturated heterocycles. The van der Waals surface area contributed by atoms with Crippen molar-refractivity contribution in [1.29, 1.82) is 0 Å². The van der Waals surface area contributed by atoms with Gasteiger partial charge in [-0.05, 0) is 75.4 Å². The van der Waals surface area contributed by atoms with Crippen molar-refractivity contribution in [3.63, 3.8) is 0 Å². The van der Waals surface area contributed by atoms with Gasteiger partial charge in [-0.15, -0.1) is 0 Å². The van der Waals surface area contributed by atoms with Crippen LogP contribution in [0, 0.1) is 0 Å². The SMILES string of the molecule is CCCc1cc(NC(=O)OC(C)(C)C)c(NC(=O)CC(=O)c2cccc(-c3ccc(C4CC4)nc3)c2)cc1C(F)(F)F. The van der Waals surface area contributed by atoms with E-state index in [0.29, 0.717) is 12.3 Å². The minimum Gasteiger partial charge on any atom is -0.444 e. The first-order valence-electron chi connectivity index (χ1n) is 13.9. The Balaban J connectivity index is 1.54. The summed E-state index contributed by atoms with van der Waals surface area (Å²) in [4.78, 5) is 42.9. The smallest absolute Gasteiger partial charge is 0.416 e. The number of hydrogen-bond donors (Lipinski definition) is 2. The van der Waals surface area contributed by atoms with Crippen LogP contribution in [0.1, 0.15) is 86.5 Å². The molecule has 1 aliphatic carbocycles. The quantitative estimate of drug-likeness (QED) is 0.196. The van der Waals surface area contributed by atoms with Crippen LogP contribution >= 0.6 is 0 Å². The van der Waals surface area contributed by atoms with Gasteiger partial charge < -0.3 is 10.1 Å². The van der Waals surface area contributed by atoms with Crippen LogP contribution in [-0.4, -0.2) is 28.4 Å². The number of amides is 2. The highest BCUT2D eigenvalue weighted by Crippen LogP contribution is 2.40. The van der Waals surface area contributed by atoms with E-state index in [0.717, 1.165) is 35.7 Å². The number of aromatic nitrogens is 1. The number of Topliss-reactive ketones (excluding diaryl/α,β-unsaturated/α-hetero) is 1. The van der Waals surface area contributed by atoms with Crippen molar-refractivity contribution in [3.8, 4) is 11.1 Å². The number of nitrogens with one attached hydrogen (secondary N) is 2. The van der Waals surface area contributed by atoms with Gasteiger partial charge in [0.05, 0.1) is 23.4 Å². The molecule has 1 aromatic heterocycles. The molecule has 1 saturated carbocycles. The first-order chi connectivity index (χ1) is 19.7. The van der Waals surface area contributed by atoms with Crippen molar-refractivity contribution in [1.82, 2.24) is 4.98 Å². The second-order valence-corrected chi connectivity index (χ2v) is 11.4. The lowest BCUT2D eigenvalue weighted by Crippen LogP contribution is -2.28. The average Bonchev–Trinajstić information content (AvgIpc) is 3.74. The van der Waals surface area contributed by atoms with Gasteiger partial charge in [0.15, 0.2) is 5.78 Å². The Morgan fingerprint density at radius 1 is 0.952 bits per heavy atom. The Hall–Kier alpha value is -4.21. The molecule has 0 spiro atoms. The normalized spacial score (nSPS) is 13.4. The second kappa shape index (κ2) is 12.3. The van der Waals surface area contributed by atoms with E-state index in [1.807, 2.05) is 18.2 Å². The van der Waals surface area contributed by atoms with Crippen molar-refractivity contribution >= 4 is 29.2 Å². The molecule has 0 radical (unpaired) electrons. The summed E-state index contributed by atoms with van der Waals surface area (Å²) in [6, 6.07) is 12.6. The van der Waals surface area contributed by atoms with Crippen molar-refractivity contribution in [2.75, 3.05) is 10.6 Å². The molecule has 4 rings (SSSR count). The van der Waals surface area contributed by atoms with Crippen LogP contribution in [0.25, 0.3) is 11.1 Å². The monoisotopic (exact) mass is 581 g/mol. The number of nitrogens with zero attached hydrogens (tertiary/aromatic N) is 1. The lowest BCUT2D eigenvalue weighted by atomic mass is 9.99. The van der Waals surface area contributed by atoms with Gasteiger partial charge in [0, 0.05) is 28.9 Å². The first-order valence-corrected chi connectivity index (χ1v) is 13.9. The van der Waals surface area contributed by atoms with Crippen molar-refractivity contribution in [2.24, 2.45) is 0 Å². The summed E-state index contributed by atoms with van der Waals surface area (Å²) in [6.07, 6.45) is -1.66. The molecular formula is C32H34F3N3O4. The molecule has 2 aromatic carbocycles. The summed E-state index contributed by atoms with van der Waals surface area (Å²) in [5, 5.41) is 4.83. The highest BCUT2D eigenvalue weighted by Gasteiger charge is 2.35. The number of alkyl halides is 3. The highest BCUT2D eigenvalue weighted by molar-refractivity contribution is 6.12. The number of aryl methyl sites for hydroxylation is 1. The third-order valence-electron chi connectivity index (χ3n) is 6.60. The fraction of sp³-hybridized carbons (Fsp3) is 0.375. The van der Waals surface area contributed by atoms with Crippen molar-refractivity contribution < 1.29 is 32.3 Å². The molecule has 222 valence electrons. The number of anilines is 2. The zero-order valence-electron chi connectivity index (χ0n) is 24.0. The number of halogens is 3. The molecule has 0 atom stereocenters. The molecule has 0 bridgehead atoms. The van der Waals surface area contributed by atoms with E-state index in [1.54, 1.807) is 52.1 Å². The molecule has 1 heterocycles. The zero-order valence-corrected chi connectivity index (χ0v) is 24.0. The Morgan fingerprint density at radius 2 is 1.67 bits per heavy atom. The fourth-order valence-electron chi connectivity index (χ4n) is 4.52. The molecule has 1 aliphatic rings. The molecule has 2 N–H and O–H groups in total. The summed E-state index contributed by atoms with van der Waals surface area (Å²) in [5.74, 6) is -0.831. The van der Waals surface area contributed by atoms with Gasteiger partial charge in [0.1, 0.15) is 5.60 Å². The van der Waals surface area contributed by atoms with Crippen LogP contribution in [0.3, 0.4) is 0 Å². The summed E-state index contributed by atoms with van der Waals surface area (Å²) >= 11 is 0. The number of ketones is 1. The van der Waals surface area contributed by atoms with Gasteiger partial charge in [-0.25, -0.2) is 4.79 Å². The molecule has 3 aromatic rings. The predicted molar refractivity (Wildman–Crippen MR) is 155 cm³/mol. The van der Waals surface area contributed by atoms with Crippen molar-refractivity contribution in [2.45, 2.75) is 77.5 Å². The third kappa shape index (κ3) is 8.18. The Morgan fingerprint density at radius 3 is 2.26 bits per heavy atom. The minimum atomic E-state index is -4.70. The number of rotatable bonds is 9. The molecule has 2 amide bonds. The van der Waals surface area contributed by atoms with Gasteiger partial charge in [-0.3, -0.25) is 19.9 Å². The maximum absolute atomic E-state index is 13.9. The van der Waals surface area contributed by atoms with Crippen LogP contribution in [0.15, 0.2) is 54.7 Å². The zero-order chi connectivity index (χ0) is 30.7. The Bertz CT molecular complexity index is 1470. The molecule has 10 heteroatoms. The number of benzene rings is 2. The largest absolute Gasteiger partial charge is 0.444 e. The Labute approximate surface area is 242 Å². The standard InChI is InChI=1S/C32H34F3N3O4/c1-5-7-21-15-26(38-30(41)42-31(2,3)4)27(16-24(21)32(33,34)35)37-29(40)17-28(39)22-9-6-8-20(14-22)23-12-13-25(36-18-23)19-10-11-19/h6,8-9,12-16,18-19H,5,7,10-11,17H2,1-4H3,(H,37,40)(H,38,41). The summed E-state index contributed by atoms with van der Waals surface area (Å²) in [7, 11) is 0. The number of pyridine rings is 1. The fourth-order valence-corrected chi connectivity index (χ4v) is 4.52. The topological polar surface area (TPSA) is 97.4 Å². The number of carbonyl (C=O) groups is 3. The number of ether oxygens (including phenoxy) is 1. The summed E-state index contributed by atoms with van der Waals surface area (Å²) in [5.41, 5.74) is 0.699. The molecule has 42 heavy (non-hydrogen) atoms. The van der Waals surface area contributed by atoms with E-state index in [1.165, 1.54) is 6.07 Å². The first kappa shape index (κ1) is 30.7. The van der Waals surface area contributed by atoms with Crippen LogP contribution in [-0.2, 0) is 22.1 Å².